The molecule has 0 fully saturated rings. The van der Waals surface area contributed by atoms with Crippen molar-refractivity contribution in [2.45, 2.75) is 25.9 Å². The second-order valence-electron chi connectivity index (χ2n) is 3.97. The molecule has 6 heteroatoms. The average molecular weight is 266 g/mol. The monoisotopic (exact) mass is 265 g/mol. The number of nitrogens with two attached hydrogens (primary N) is 1. The number of imidazole rings is 1. The van der Waals surface area contributed by atoms with Crippen LogP contribution in [-0.4, -0.2) is 14.5 Å². The summed E-state index contributed by atoms with van der Waals surface area (Å²) >= 11 is 5.77. The molecule has 5 nitrogen and oxygen atoms in total. The Balaban J connectivity index is 2.17. The second kappa shape index (κ2) is 5.95. The van der Waals surface area contributed by atoms with Crippen LogP contribution in [0.25, 0.3) is 0 Å². The minimum atomic E-state index is -0.0255. The highest BCUT2D eigenvalue weighted by Gasteiger charge is 2.14. The van der Waals surface area contributed by atoms with Crippen LogP contribution in [0.3, 0.4) is 0 Å². The van der Waals surface area contributed by atoms with Crippen molar-refractivity contribution >= 4 is 11.6 Å². The lowest BCUT2D eigenvalue weighted by Gasteiger charge is -2.16. The zero-order chi connectivity index (χ0) is 13.0. The molecule has 0 aliphatic rings. The summed E-state index contributed by atoms with van der Waals surface area (Å²) in [5.74, 6) is 6.60. The summed E-state index contributed by atoms with van der Waals surface area (Å²) in [6.45, 7) is 2.98. The second-order valence-corrected chi connectivity index (χ2v) is 4.35. The quantitative estimate of drug-likeness (QED) is 0.490. The maximum Gasteiger partial charge on any atom is 0.129 e. The van der Waals surface area contributed by atoms with Gasteiger partial charge in [-0.2, -0.15) is 0 Å². The molecule has 2 heterocycles. The summed E-state index contributed by atoms with van der Waals surface area (Å²) in [5, 5.41) is 0.476. The first-order valence-corrected chi connectivity index (χ1v) is 6.20. The molecular formula is C12H16ClN5. The van der Waals surface area contributed by atoms with Crippen LogP contribution >= 0.6 is 11.6 Å². The van der Waals surface area contributed by atoms with Crippen molar-refractivity contribution in [3.8, 4) is 0 Å². The van der Waals surface area contributed by atoms with E-state index < -0.39 is 0 Å². The average Bonchev–Trinajstić information content (AvgIpc) is 2.84. The fourth-order valence-corrected chi connectivity index (χ4v) is 1.98. The molecule has 0 radical (unpaired) electrons. The topological polar surface area (TPSA) is 68.8 Å². The first-order valence-electron chi connectivity index (χ1n) is 5.82. The molecule has 0 bridgehead atoms. The molecule has 2 aromatic rings. The third kappa shape index (κ3) is 2.87. The number of rotatable bonds is 5. The Bertz CT molecular complexity index is 493. The van der Waals surface area contributed by atoms with Gasteiger partial charge in [-0.05, 0) is 18.6 Å². The molecule has 0 saturated carbocycles. The van der Waals surface area contributed by atoms with Crippen molar-refractivity contribution in [1.29, 1.82) is 0 Å². The Hall–Kier alpha value is -1.43. The van der Waals surface area contributed by atoms with Crippen LogP contribution < -0.4 is 11.3 Å². The van der Waals surface area contributed by atoms with Gasteiger partial charge in [0.1, 0.15) is 11.0 Å². The van der Waals surface area contributed by atoms with Crippen LogP contribution in [0.2, 0.25) is 5.15 Å². The number of aryl methyl sites for hydroxylation is 1. The van der Waals surface area contributed by atoms with Gasteiger partial charge in [0, 0.05) is 31.6 Å². The minimum absolute atomic E-state index is 0.0255. The van der Waals surface area contributed by atoms with Gasteiger partial charge in [-0.15, -0.1) is 0 Å². The normalized spacial score (nSPS) is 12.6. The number of hydrogen-bond donors (Lipinski definition) is 2. The van der Waals surface area contributed by atoms with Crippen molar-refractivity contribution in [3.05, 3.63) is 47.3 Å². The summed E-state index contributed by atoms with van der Waals surface area (Å²) in [7, 11) is 0. The maximum absolute atomic E-state index is 5.77. The van der Waals surface area contributed by atoms with Gasteiger partial charge in [-0.1, -0.05) is 17.7 Å². The summed E-state index contributed by atoms with van der Waals surface area (Å²) < 4.78 is 2.09. The molecule has 1 unspecified atom stereocenters. The van der Waals surface area contributed by atoms with E-state index in [9.17, 15) is 0 Å². The standard InChI is InChI=1S/C12H16ClN5/c1-2-18-6-5-15-12(18)7-10(17-14)9-3-4-11(13)16-8-9/h3-6,8,10,17H,2,7,14H2,1H3. The van der Waals surface area contributed by atoms with E-state index in [0.29, 0.717) is 11.6 Å². The van der Waals surface area contributed by atoms with Crippen molar-refractivity contribution in [1.82, 2.24) is 20.0 Å². The lowest BCUT2D eigenvalue weighted by Crippen LogP contribution is -2.30. The largest absolute Gasteiger partial charge is 0.335 e. The molecule has 96 valence electrons. The zero-order valence-corrected chi connectivity index (χ0v) is 10.9. The molecule has 0 amide bonds. The van der Waals surface area contributed by atoms with Gasteiger partial charge in [-0.3, -0.25) is 11.3 Å². The molecule has 1 atom stereocenters. The molecule has 0 spiro atoms. The summed E-state index contributed by atoms with van der Waals surface area (Å²) in [5.41, 5.74) is 3.78. The Morgan fingerprint density at radius 3 is 2.89 bits per heavy atom. The van der Waals surface area contributed by atoms with E-state index in [-0.39, 0.29) is 6.04 Å². The molecule has 0 aliphatic heterocycles. The Kier molecular flexibility index (Phi) is 4.30. The number of nitrogens with one attached hydrogen (secondary N) is 1. The summed E-state index contributed by atoms with van der Waals surface area (Å²) in [6.07, 6.45) is 6.20. The molecule has 18 heavy (non-hydrogen) atoms. The van der Waals surface area contributed by atoms with Gasteiger partial charge in [0.05, 0.1) is 6.04 Å². The number of hydrogen-bond acceptors (Lipinski definition) is 4. The van der Waals surface area contributed by atoms with Crippen LogP contribution in [0.5, 0.6) is 0 Å². The van der Waals surface area contributed by atoms with E-state index in [1.165, 1.54) is 0 Å². The van der Waals surface area contributed by atoms with E-state index in [0.717, 1.165) is 17.9 Å². The van der Waals surface area contributed by atoms with Gasteiger partial charge in [0.25, 0.3) is 0 Å². The van der Waals surface area contributed by atoms with E-state index in [1.54, 1.807) is 18.5 Å². The van der Waals surface area contributed by atoms with Gasteiger partial charge in [-0.25, -0.2) is 9.97 Å². The smallest absolute Gasteiger partial charge is 0.129 e. The number of nitrogens with zero attached hydrogens (tertiary/aromatic N) is 3. The summed E-state index contributed by atoms with van der Waals surface area (Å²) in [6, 6.07) is 3.65. The highest BCUT2D eigenvalue weighted by Crippen LogP contribution is 2.17. The molecule has 2 aromatic heterocycles. The first-order chi connectivity index (χ1) is 8.74. The third-order valence-corrected chi connectivity index (χ3v) is 3.11. The van der Waals surface area contributed by atoms with E-state index in [1.807, 2.05) is 12.3 Å². The van der Waals surface area contributed by atoms with Crippen LogP contribution in [0.1, 0.15) is 24.4 Å². The maximum atomic E-state index is 5.77. The highest BCUT2D eigenvalue weighted by atomic mass is 35.5. The van der Waals surface area contributed by atoms with E-state index in [2.05, 4.69) is 26.9 Å². The SMILES string of the molecule is CCn1ccnc1CC(NN)c1ccc(Cl)nc1. The Morgan fingerprint density at radius 2 is 2.28 bits per heavy atom. The van der Waals surface area contributed by atoms with Crippen LogP contribution in [0.4, 0.5) is 0 Å². The molecule has 0 aliphatic carbocycles. The Labute approximate surface area is 111 Å². The minimum Gasteiger partial charge on any atom is -0.335 e. The molecular weight excluding hydrogens is 250 g/mol. The highest BCUT2D eigenvalue weighted by molar-refractivity contribution is 6.29. The summed E-state index contributed by atoms with van der Waals surface area (Å²) in [4.78, 5) is 8.40. The van der Waals surface area contributed by atoms with Crippen molar-refractivity contribution < 1.29 is 0 Å². The van der Waals surface area contributed by atoms with Gasteiger partial charge in [0.2, 0.25) is 0 Å². The van der Waals surface area contributed by atoms with Crippen molar-refractivity contribution in [3.63, 3.8) is 0 Å². The number of hydrazine groups is 1. The fraction of sp³-hybridized carbons (Fsp3) is 0.333. The van der Waals surface area contributed by atoms with Crippen molar-refractivity contribution in [2.24, 2.45) is 5.84 Å². The molecule has 0 aromatic carbocycles. The molecule has 0 saturated heterocycles. The third-order valence-electron chi connectivity index (χ3n) is 2.88. The number of halogens is 1. The van der Waals surface area contributed by atoms with E-state index in [4.69, 9.17) is 17.4 Å². The van der Waals surface area contributed by atoms with Gasteiger partial charge < -0.3 is 4.57 Å². The Morgan fingerprint density at radius 1 is 1.44 bits per heavy atom. The lowest BCUT2D eigenvalue weighted by molar-refractivity contribution is 0.522. The molecule has 3 N–H and O–H groups in total. The zero-order valence-electron chi connectivity index (χ0n) is 10.2. The number of pyridine rings is 1. The number of aromatic nitrogens is 3. The predicted molar refractivity (Wildman–Crippen MR) is 70.9 cm³/mol. The van der Waals surface area contributed by atoms with Gasteiger partial charge >= 0.3 is 0 Å². The lowest BCUT2D eigenvalue weighted by atomic mass is 10.1. The van der Waals surface area contributed by atoms with Crippen LogP contribution in [0, 0.1) is 0 Å². The fourth-order valence-electron chi connectivity index (χ4n) is 1.87. The van der Waals surface area contributed by atoms with Gasteiger partial charge in [0.15, 0.2) is 0 Å². The van der Waals surface area contributed by atoms with Crippen LogP contribution in [-0.2, 0) is 13.0 Å². The van der Waals surface area contributed by atoms with E-state index >= 15 is 0 Å². The van der Waals surface area contributed by atoms with Crippen LogP contribution in [0.15, 0.2) is 30.7 Å². The first kappa shape index (κ1) is 13.0. The molecule has 2 rings (SSSR count). The predicted octanol–water partition coefficient (Wildman–Crippen LogP) is 1.70. The van der Waals surface area contributed by atoms with Crippen molar-refractivity contribution in [2.75, 3.05) is 0 Å².